The number of nitrogens with one attached hydrogen (secondary N) is 1. The van der Waals surface area contributed by atoms with Gasteiger partial charge >= 0.3 is 0 Å². The van der Waals surface area contributed by atoms with Crippen LogP contribution in [0.5, 0.6) is 0 Å². The van der Waals surface area contributed by atoms with Crippen molar-refractivity contribution in [1.82, 2.24) is 20.2 Å². The number of aliphatic hydroxyl groups is 1. The summed E-state index contributed by atoms with van der Waals surface area (Å²) in [5.74, 6) is -0.287. The van der Waals surface area contributed by atoms with Crippen molar-refractivity contribution in [3.05, 3.63) is 24.3 Å². The topological polar surface area (TPSA) is 78.4 Å². The van der Waals surface area contributed by atoms with E-state index < -0.39 is 5.60 Å². The van der Waals surface area contributed by atoms with E-state index in [0.717, 1.165) is 0 Å². The molecule has 2 N–H and O–H groups in total. The lowest BCUT2D eigenvalue weighted by molar-refractivity contribution is 0.0326. The summed E-state index contributed by atoms with van der Waals surface area (Å²) in [6, 6.07) is 0. The van der Waals surface area contributed by atoms with Crippen LogP contribution in [0.2, 0.25) is 0 Å². The van der Waals surface area contributed by atoms with E-state index in [1.165, 1.54) is 18.7 Å². The molecule has 1 unspecified atom stereocenters. The first kappa shape index (κ1) is 13.5. The van der Waals surface area contributed by atoms with Crippen molar-refractivity contribution < 1.29 is 9.90 Å². The van der Waals surface area contributed by atoms with Crippen molar-refractivity contribution in [3.63, 3.8) is 0 Å². The number of amides is 1. The van der Waals surface area contributed by atoms with Gasteiger partial charge in [0.15, 0.2) is 0 Å². The highest BCUT2D eigenvalue weighted by molar-refractivity contribution is 5.93. The van der Waals surface area contributed by atoms with Gasteiger partial charge in [-0.15, -0.1) is 0 Å². The van der Waals surface area contributed by atoms with E-state index in [0.29, 0.717) is 12.1 Å². The molecule has 0 saturated carbocycles. The van der Waals surface area contributed by atoms with Crippen molar-refractivity contribution in [2.24, 2.45) is 0 Å². The minimum absolute atomic E-state index is 0.179. The lowest BCUT2D eigenvalue weighted by Gasteiger charge is -2.27. The van der Waals surface area contributed by atoms with Gasteiger partial charge in [0.25, 0.3) is 5.91 Å². The van der Waals surface area contributed by atoms with Gasteiger partial charge in [0.1, 0.15) is 6.33 Å². The molecule has 6 nitrogen and oxygen atoms in total. The van der Waals surface area contributed by atoms with Gasteiger partial charge in [0.2, 0.25) is 0 Å². The Kier molecular flexibility index (Phi) is 4.53. The first-order chi connectivity index (χ1) is 7.91. The van der Waals surface area contributed by atoms with Crippen molar-refractivity contribution in [1.29, 1.82) is 0 Å². The Bertz CT molecular complexity index is 365. The molecule has 6 heteroatoms. The number of rotatable bonds is 5. The molecule has 1 amide bonds. The quantitative estimate of drug-likeness (QED) is 0.724. The summed E-state index contributed by atoms with van der Waals surface area (Å²) >= 11 is 0. The molecule has 0 bridgehead atoms. The van der Waals surface area contributed by atoms with E-state index in [2.05, 4.69) is 15.3 Å². The van der Waals surface area contributed by atoms with Crippen LogP contribution in [0.3, 0.4) is 0 Å². The van der Waals surface area contributed by atoms with E-state index in [-0.39, 0.29) is 12.5 Å². The monoisotopic (exact) mass is 238 g/mol. The zero-order valence-electron chi connectivity index (χ0n) is 10.3. The van der Waals surface area contributed by atoms with E-state index in [1.54, 1.807) is 6.92 Å². The molecule has 0 aliphatic rings. The van der Waals surface area contributed by atoms with Gasteiger partial charge in [-0.3, -0.25) is 4.79 Å². The van der Waals surface area contributed by atoms with E-state index in [1.807, 2.05) is 19.0 Å². The smallest absolute Gasteiger partial charge is 0.254 e. The molecule has 0 radical (unpaired) electrons. The third-order valence-electron chi connectivity index (χ3n) is 2.11. The van der Waals surface area contributed by atoms with Crippen molar-refractivity contribution >= 4 is 5.91 Å². The van der Waals surface area contributed by atoms with Gasteiger partial charge < -0.3 is 15.3 Å². The van der Waals surface area contributed by atoms with Gasteiger partial charge in [0, 0.05) is 25.5 Å². The summed E-state index contributed by atoms with van der Waals surface area (Å²) < 4.78 is 0. The second kappa shape index (κ2) is 5.70. The molecule has 1 aromatic heterocycles. The largest absolute Gasteiger partial charge is 0.387 e. The number of likely N-dealkylation sites (N-methyl/N-ethyl adjacent to an activating group) is 1. The Morgan fingerprint density at radius 1 is 1.47 bits per heavy atom. The summed E-state index contributed by atoms with van der Waals surface area (Å²) in [5.41, 5.74) is -0.581. The number of hydrogen-bond donors (Lipinski definition) is 2. The maximum absolute atomic E-state index is 11.7. The molecule has 1 aromatic rings. The Balaban J connectivity index is 2.48. The van der Waals surface area contributed by atoms with Crippen LogP contribution in [0.25, 0.3) is 0 Å². The van der Waals surface area contributed by atoms with Gasteiger partial charge in [-0.1, -0.05) is 0 Å². The maximum Gasteiger partial charge on any atom is 0.254 e. The fourth-order valence-corrected chi connectivity index (χ4v) is 1.53. The van der Waals surface area contributed by atoms with Crippen LogP contribution < -0.4 is 5.32 Å². The van der Waals surface area contributed by atoms with Crippen LogP contribution in [-0.2, 0) is 0 Å². The molecule has 1 heterocycles. The number of carbonyl (C=O) groups excluding carboxylic acids is 1. The maximum atomic E-state index is 11.7. The van der Waals surface area contributed by atoms with Crippen molar-refractivity contribution in [2.75, 3.05) is 27.2 Å². The number of nitrogens with zero attached hydrogens (tertiary/aromatic N) is 3. The van der Waals surface area contributed by atoms with Crippen LogP contribution in [0.4, 0.5) is 0 Å². The summed E-state index contributed by atoms with van der Waals surface area (Å²) in [6.45, 7) is 2.33. The highest BCUT2D eigenvalue weighted by atomic mass is 16.3. The fourth-order valence-electron chi connectivity index (χ4n) is 1.53. The molecule has 0 spiro atoms. The highest BCUT2D eigenvalue weighted by Crippen LogP contribution is 2.03. The number of hydrogen-bond acceptors (Lipinski definition) is 5. The lowest BCUT2D eigenvalue weighted by atomic mass is 10.1. The zero-order valence-corrected chi connectivity index (χ0v) is 10.3. The Labute approximate surface area is 101 Å². The van der Waals surface area contributed by atoms with Gasteiger partial charge in [-0.05, 0) is 21.0 Å². The second-order valence-electron chi connectivity index (χ2n) is 4.54. The predicted octanol–water partition coefficient (Wildman–Crippen LogP) is -0.481. The third kappa shape index (κ3) is 4.88. The summed E-state index contributed by atoms with van der Waals surface area (Å²) in [6.07, 6.45) is 4.23. The normalized spacial score (nSPS) is 14.4. The van der Waals surface area contributed by atoms with E-state index in [4.69, 9.17) is 0 Å². The fraction of sp³-hybridized carbons (Fsp3) is 0.545. The molecule has 1 atom stereocenters. The SMILES string of the molecule is CN(C)CC(C)(O)CNC(=O)c1cncnc1. The van der Waals surface area contributed by atoms with Gasteiger partial charge in [-0.25, -0.2) is 9.97 Å². The summed E-state index contributed by atoms with van der Waals surface area (Å²) in [5, 5.41) is 12.6. The average Bonchev–Trinajstić information content (AvgIpc) is 2.25. The summed E-state index contributed by atoms with van der Waals surface area (Å²) in [7, 11) is 3.72. The van der Waals surface area contributed by atoms with Gasteiger partial charge in [0.05, 0.1) is 11.2 Å². The lowest BCUT2D eigenvalue weighted by Crippen LogP contribution is -2.47. The van der Waals surface area contributed by atoms with Crippen LogP contribution in [0.15, 0.2) is 18.7 Å². The molecular weight excluding hydrogens is 220 g/mol. The molecule has 0 aromatic carbocycles. The van der Waals surface area contributed by atoms with Crippen LogP contribution in [0, 0.1) is 0 Å². The summed E-state index contributed by atoms with van der Waals surface area (Å²) in [4.78, 5) is 21.0. The molecule has 0 saturated heterocycles. The molecule has 94 valence electrons. The van der Waals surface area contributed by atoms with Crippen LogP contribution >= 0.6 is 0 Å². The van der Waals surface area contributed by atoms with Crippen LogP contribution in [-0.4, -0.2) is 58.7 Å². The van der Waals surface area contributed by atoms with E-state index in [9.17, 15) is 9.90 Å². The van der Waals surface area contributed by atoms with E-state index >= 15 is 0 Å². The minimum atomic E-state index is -0.963. The molecule has 0 aliphatic heterocycles. The minimum Gasteiger partial charge on any atom is -0.387 e. The Morgan fingerprint density at radius 3 is 2.59 bits per heavy atom. The standard InChI is InChI=1S/C11H18N4O2/c1-11(17,7-15(2)3)6-14-10(16)9-4-12-8-13-5-9/h4-5,8,17H,6-7H2,1-3H3,(H,14,16). The molecule has 1 rings (SSSR count). The van der Waals surface area contributed by atoms with Crippen LogP contribution in [0.1, 0.15) is 17.3 Å². The van der Waals surface area contributed by atoms with Crippen molar-refractivity contribution in [2.45, 2.75) is 12.5 Å². The molecular formula is C11H18N4O2. The second-order valence-corrected chi connectivity index (χ2v) is 4.54. The number of carbonyl (C=O) groups is 1. The predicted molar refractivity (Wildman–Crippen MR) is 63.5 cm³/mol. The van der Waals surface area contributed by atoms with Gasteiger partial charge in [-0.2, -0.15) is 0 Å². The number of aromatic nitrogens is 2. The Hall–Kier alpha value is -1.53. The highest BCUT2D eigenvalue weighted by Gasteiger charge is 2.22. The molecule has 0 aliphatic carbocycles. The zero-order chi connectivity index (χ0) is 12.9. The average molecular weight is 238 g/mol. The Morgan fingerprint density at radius 2 is 2.06 bits per heavy atom. The molecule has 17 heavy (non-hydrogen) atoms. The first-order valence-electron chi connectivity index (χ1n) is 5.31. The van der Waals surface area contributed by atoms with Crippen molar-refractivity contribution in [3.8, 4) is 0 Å². The first-order valence-corrected chi connectivity index (χ1v) is 5.31. The third-order valence-corrected chi connectivity index (χ3v) is 2.11. The molecule has 0 fully saturated rings.